The van der Waals surface area contributed by atoms with Gasteiger partial charge in [0, 0.05) is 44.6 Å². The summed E-state index contributed by atoms with van der Waals surface area (Å²) >= 11 is 5.82. The molecule has 154 valence electrons. The Labute approximate surface area is 179 Å². The minimum Gasteiger partial charge on any atom is -0.439 e. The van der Waals surface area contributed by atoms with E-state index in [0.717, 1.165) is 11.4 Å². The van der Waals surface area contributed by atoms with Crippen LogP contribution in [-0.4, -0.2) is 47.1 Å². The van der Waals surface area contributed by atoms with E-state index in [1.807, 2.05) is 25.3 Å². The largest absolute Gasteiger partial charge is 0.439 e. The Hall–Kier alpha value is -3.32. The van der Waals surface area contributed by atoms with Crippen molar-refractivity contribution in [3.05, 3.63) is 71.5 Å². The van der Waals surface area contributed by atoms with Crippen LogP contribution in [0, 0.1) is 6.92 Å². The molecule has 2 aromatic heterocycles. The quantitative estimate of drug-likeness (QED) is 0.612. The van der Waals surface area contributed by atoms with Crippen molar-refractivity contribution in [2.45, 2.75) is 6.92 Å². The second kappa shape index (κ2) is 9.00. The maximum absolute atomic E-state index is 12.5. The fourth-order valence-electron chi connectivity index (χ4n) is 3.05. The number of aryl methyl sites for hydroxylation is 1. The van der Waals surface area contributed by atoms with Crippen LogP contribution in [0.5, 0.6) is 17.4 Å². The standard InChI is InChI=1S/C22H21ClN4O3/c1-16-2-8-20(24-14-16)26-10-12-27(13-11-26)22(28)30-19-6-4-18(5-7-19)29-21-9-3-17(23)15-25-21/h2-9,14-15H,10-13H2,1H3. The van der Waals surface area contributed by atoms with E-state index in [4.69, 9.17) is 21.1 Å². The van der Waals surface area contributed by atoms with E-state index in [0.29, 0.717) is 48.6 Å². The first kappa shape index (κ1) is 20.0. The summed E-state index contributed by atoms with van der Waals surface area (Å²) in [5, 5.41) is 0.542. The number of nitrogens with zero attached hydrogens (tertiary/aromatic N) is 4. The second-order valence-electron chi connectivity index (χ2n) is 6.92. The van der Waals surface area contributed by atoms with E-state index in [2.05, 4.69) is 14.9 Å². The van der Waals surface area contributed by atoms with Gasteiger partial charge in [0.15, 0.2) is 0 Å². The number of hydrogen-bond donors (Lipinski definition) is 0. The van der Waals surface area contributed by atoms with Crippen LogP contribution >= 0.6 is 11.6 Å². The summed E-state index contributed by atoms with van der Waals surface area (Å²) in [6.45, 7) is 4.60. The lowest BCUT2D eigenvalue weighted by Gasteiger charge is -2.34. The van der Waals surface area contributed by atoms with Crippen LogP contribution in [0.4, 0.5) is 10.6 Å². The van der Waals surface area contributed by atoms with Crippen molar-refractivity contribution < 1.29 is 14.3 Å². The first-order valence-electron chi connectivity index (χ1n) is 9.61. The smallest absolute Gasteiger partial charge is 0.415 e. The van der Waals surface area contributed by atoms with Gasteiger partial charge in [-0.1, -0.05) is 17.7 Å². The summed E-state index contributed by atoms with van der Waals surface area (Å²) in [6.07, 6.45) is 3.01. The van der Waals surface area contributed by atoms with Gasteiger partial charge in [0.05, 0.1) is 5.02 Å². The van der Waals surface area contributed by atoms with Crippen molar-refractivity contribution in [2.24, 2.45) is 0 Å². The van der Waals surface area contributed by atoms with Gasteiger partial charge < -0.3 is 19.3 Å². The molecule has 0 unspecified atom stereocenters. The lowest BCUT2D eigenvalue weighted by atomic mass is 10.3. The lowest BCUT2D eigenvalue weighted by molar-refractivity contribution is 0.149. The number of aromatic nitrogens is 2. The molecule has 30 heavy (non-hydrogen) atoms. The van der Waals surface area contributed by atoms with Gasteiger partial charge in [-0.2, -0.15) is 0 Å². The van der Waals surface area contributed by atoms with Gasteiger partial charge in [0.2, 0.25) is 5.88 Å². The number of hydrogen-bond acceptors (Lipinski definition) is 6. The van der Waals surface area contributed by atoms with E-state index in [1.54, 1.807) is 41.3 Å². The van der Waals surface area contributed by atoms with E-state index >= 15 is 0 Å². The van der Waals surface area contributed by atoms with E-state index in [-0.39, 0.29) is 6.09 Å². The van der Waals surface area contributed by atoms with Crippen molar-refractivity contribution in [1.29, 1.82) is 0 Å². The summed E-state index contributed by atoms with van der Waals surface area (Å²) in [5.74, 6) is 2.41. The zero-order valence-corrected chi connectivity index (χ0v) is 17.2. The SMILES string of the molecule is Cc1ccc(N2CCN(C(=O)Oc3ccc(Oc4ccc(Cl)cn4)cc3)CC2)nc1. The Balaban J connectivity index is 1.28. The molecule has 0 spiro atoms. The van der Waals surface area contributed by atoms with Crippen molar-refractivity contribution in [3.63, 3.8) is 0 Å². The molecule has 0 saturated carbocycles. The van der Waals surface area contributed by atoms with Crippen LogP contribution in [0.1, 0.15) is 5.56 Å². The third kappa shape index (κ3) is 4.99. The Morgan fingerprint density at radius 3 is 2.27 bits per heavy atom. The summed E-state index contributed by atoms with van der Waals surface area (Å²) in [4.78, 5) is 24.9. The number of carbonyl (C=O) groups is 1. The fraction of sp³-hybridized carbons (Fsp3) is 0.227. The molecular formula is C22H21ClN4O3. The molecule has 1 aliphatic heterocycles. The minimum absolute atomic E-state index is 0.362. The maximum atomic E-state index is 12.5. The molecule has 1 amide bonds. The van der Waals surface area contributed by atoms with Crippen LogP contribution in [0.25, 0.3) is 0 Å². The van der Waals surface area contributed by atoms with Crippen LogP contribution < -0.4 is 14.4 Å². The normalized spacial score (nSPS) is 13.8. The van der Waals surface area contributed by atoms with Crippen LogP contribution in [0.2, 0.25) is 5.02 Å². The highest BCUT2D eigenvalue weighted by Crippen LogP contribution is 2.24. The van der Waals surface area contributed by atoms with E-state index in [1.165, 1.54) is 6.20 Å². The monoisotopic (exact) mass is 424 g/mol. The van der Waals surface area contributed by atoms with Crippen molar-refractivity contribution in [3.8, 4) is 17.4 Å². The van der Waals surface area contributed by atoms with Gasteiger partial charge >= 0.3 is 6.09 Å². The summed E-state index contributed by atoms with van der Waals surface area (Å²) < 4.78 is 11.1. The molecular weight excluding hydrogens is 404 g/mol. The molecule has 0 bridgehead atoms. The molecule has 1 aromatic carbocycles. The first-order valence-corrected chi connectivity index (χ1v) is 9.98. The van der Waals surface area contributed by atoms with Gasteiger partial charge in [-0.15, -0.1) is 0 Å². The average molecular weight is 425 g/mol. The molecule has 0 N–H and O–H groups in total. The topological polar surface area (TPSA) is 67.8 Å². The number of halogens is 1. The first-order chi connectivity index (χ1) is 14.6. The molecule has 0 aliphatic carbocycles. The van der Waals surface area contributed by atoms with Crippen LogP contribution in [0.3, 0.4) is 0 Å². The van der Waals surface area contributed by atoms with Crippen LogP contribution in [-0.2, 0) is 0 Å². The number of rotatable bonds is 4. The highest BCUT2D eigenvalue weighted by Gasteiger charge is 2.23. The number of ether oxygens (including phenoxy) is 2. The second-order valence-corrected chi connectivity index (χ2v) is 7.36. The third-order valence-corrected chi connectivity index (χ3v) is 4.93. The summed E-state index contributed by atoms with van der Waals surface area (Å²) in [6, 6.07) is 14.3. The number of benzene rings is 1. The molecule has 3 aromatic rings. The third-order valence-electron chi connectivity index (χ3n) is 4.71. The molecule has 1 fully saturated rings. The summed E-state index contributed by atoms with van der Waals surface area (Å²) in [7, 11) is 0. The lowest BCUT2D eigenvalue weighted by Crippen LogP contribution is -2.49. The molecule has 1 saturated heterocycles. The van der Waals surface area contributed by atoms with Gasteiger partial charge in [-0.05, 0) is 48.9 Å². The Kier molecular flexibility index (Phi) is 5.99. The number of piperazine rings is 1. The molecule has 4 rings (SSSR count). The molecule has 0 atom stereocenters. The maximum Gasteiger partial charge on any atom is 0.415 e. The molecule has 0 radical (unpaired) electrons. The Morgan fingerprint density at radius 2 is 1.63 bits per heavy atom. The van der Waals surface area contributed by atoms with E-state index in [9.17, 15) is 4.79 Å². The zero-order chi connectivity index (χ0) is 20.9. The van der Waals surface area contributed by atoms with Gasteiger partial charge in [-0.25, -0.2) is 14.8 Å². The number of anilines is 1. The predicted octanol–water partition coefficient (Wildman–Crippen LogP) is 4.55. The number of amides is 1. The molecule has 8 heteroatoms. The van der Waals surface area contributed by atoms with Gasteiger partial charge in [0.1, 0.15) is 17.3 Å². The Bertz CT molecular complexity index is 986. The van der Waals surface area contributed by atoms with Gasteiger partial charge in [-0.3, -0.25) is 0 Å². The van der Waals surface area contributed by atoms with E-state index < -0.39 is 0 Å². The van der Waals surface area contributed by atoms with Crippen molar-refractivity contribution in [1.82, 2.24) is 14.9 Å². The average Bonchev–Trinajstić information content (AvgIpc) is 2.77. The highest BCUT2D eigenvalue weighted by atomic mass is 35.5. The molecule has 1 aliphatic rings. The van der Waals surface area contributed by atoms with Crippen molar-refractivity contribution in [2.75, 3.05) is 31.1 Å². The number of carbonyl (C=O) groups excluding carboxylic acids is 1. The predicted molar refractivity (Wildman–Crippen MR) is 115 cm³/mol. The molecule has 3 heterocycles. The highest BCUT2D eigenvalue weighted by molar-refractivity contribution is 6.30. The number of pyridine rings is 2. The Morgan fingerprint density at radius 1 is 0.900 bits per heavy atom. The minimum atomic E-state index is -0.362. The van der Waals surface area contributed by atoms with Crippen molar-refractivity contribution >= 4 is 23.5 Å². The summed E-state index contributed by atoms with van der Waals surface area (Å²) in [5.41, 5.74) is 1.13. The van der Waals surface area contributed by atoms with Crippen LogP contribution in [0.15, 0.2) is 60.9 Å². The zero-order valence-electron chi connectivity index (χ0n) is 16.5. The van der Waals surface area contributed by atoms with Gasteiger partial charge in [0.25, 0.3) is 0 Å². The molecule has 7 nitrogen and oxygen atoms in total. The fourth-order valence-corrected chi connectivity index (χ4v) is 3.16.